The lowest BCUT2D eigenvalue weighted by Crippen LogP contribution is -2.27. The summed E-state index contributed by atoms with van der Waals surface area (Å²) >= 11 is 0. The third-order valence-electron chi connectivity index (χ3n) is 5.04. The van der Waals surface area contributed by atoms with Gasteiger partial charge in [0.05, 0.1) is 23.3 Å². The van der Waals surface area contributed by atoms with Crippen LogP contribution in [0.1, 0.15) is 28.8 Å². The van der Waals surface area contributed by atoms with Crippen LogP contribution in [0.3, 0.4) is 0 Å². The number of nitrogens with zero attached hydrogens (tertiary/aromatic N) is 3. The molecule has 1 aliphatic heterocycles. The Hall–Kier alpha value is -3.33. The Morgan fingerprint density at radius 3 is 2.77 bits per heavy atom. The molecule has 158 valence electrons. The van der Waals surface area contributed by atoms with Gasteiger partial charge < -0.3 is 15.0 Å². The van der Waals surface area contributed by atoms with Crippen LogP contribution in [-0.2, 0) is 0 Å². The van der Waals surface area contributed by atoms with Crippen LogP contribution >= 0.6 is 0 Å². The zero-order valence-electron chi connectivity index (χ0n) is 17.0. The minimum Gasteiger partial charge on any atom is -0.494 e. The fourth-order valence-electron chi connectivity index (χ4n) is 3.37. The molecule has 9 heteroatoms. The normalized spacial score (nSPS) is 16.1. The van der Waals surface area contributed by atoms with Gasteiger partial charge in [-0.15, -0.1) is 0 Å². The van der Waals surface area contributed by atoms with Crippen molar-refractivity contribution in [2.75, 3.05) is 25.6 Å². The van der Waals surface area contributed by atoms with Crippen LogP contribution in [0.5, 0.6) is 5.75 Å². The summed E-state index contributed by atoms with van der Waals surface area (Å²) in [5.74, 6) is -1.09. The number of aryl methyl sites for hydroxylation is 1. The third kappa shape index (κ3) is 4.46. The van der Waals surface area contributed by atoms with Gasteiger partial charge in [-0.3, -0.25) is 19.9 Å². The number of anilines is 1. The van der Waals surface area contributed by atoms with Crippen molar-refractivity contribution in [1.29, 1.82) is 0 Å². The maximum absolute atomic E-state index is 14.1. The summed E-state index contributed by atoms with van der Waals surface area (Å²) in [6.07, 6.45) is 3.70. The minimum atomic E-state index is -0.615. The van der Waals surface area contributed by atoms with Gasteiger partial charge in [-0.1, -0.05) is 0 Å². The van der Waals surface area contributed by atoms with Gasteiger partial charge in [-0.2, -0.15) is 0 Å². The van der Waals surface area contributed by atoms with E-state index in [1.54, 1.807) is 13.1 Å². The molecule has 8 nitrogen and oxygen atoms in total. The number of carbonyl (C=O) groups is 1. The van der Waals surface area contributed by atoms with Crippen LogP contribution < -0.4 is 15.0 Å². The van der Waals surface area contributed by atoms with Crippen LogP contribution in [0.15, 0.2) is 35.3 Å². The van der Waals surface area contributed by atoms with Crippen molar-refractivity contribution < 1.29 is 18.8 Å². The Morgan fingerprint density at radius 1 is 1.40 bits per heavy atom. The molecule has 0 saturated carbocycles. The first kappa shape index (κ1) is 21.4. The Morgan fingerprint density at radius 2 is 2.17 bits per heavy atom. The predicted octanol–water partition coefficient (Wildman–Crippen LogP) is 3.78. The Balaban J connectivity index is 2.01. The summed E-state index contributed by atoms with van der Waals surface area (Å²) in [5.41, 5.74) is 1.03. The molecule has 2 aromatic carbocycles. The van der Waals surface area contributed by atoms with Crippen LogP contribution in [-0.4, -0.2) is 43.8 Å². The topological polar surface area (TPSA) is 97.1 Å². The zero-order valence-corrected chi connectivity index (χ0v) is 17.0. The van der Waals surface area contributed by atoms with Gasteiger partial charge in [0.25, 0.3) is 11.6 Å². The lowest BCUT2D eigenvalue weighted by atomic mass is 10.0. The second-order valence-electron chi connectivity index (χ2n) is 7.08. The Labute approximate surface area is 173 Å². The van der Waals surface area contributed by atoms with Gasteiger partial charge >= 0.3 is 0 Å². The van der Waals surface area contributed by atoms with Gasteiger partial charge in [0, 0.05) is 43.2 Å². The molecule has 0 spiro atoms. The van der Waals surface area contributed by atoms with Crippen molar-refractivity contribution >= 4 is 29.2 Å². The van der Waals surface area contributed by atoms with Gasteiger partial charge in [0.15, 0.2) is 11.6 Å². The monoisotopic (exact) mass is 414 g/mol. The van der Waals surface area contributed by atoms with Crippen molar-refractivity contribution in [1.82, 2.24) is 5.32 Å². The van der Waals surface area contributed by atoms with Crippen molar-refractivity contribution in [2.45, 2.75) is 25.8 Å². The number of nitro benzene ring substituents is 1. The smallest absolute Gasteiger partial charge is 0.270 e. The first-order valence-electron chi connectivity index (χ1n) is 9.50. The molecule has 1 atom stereocenters. The molecule has 0 radical (unpaired) electrons. The van der Waals surface area contributed by atoms with E-state index < -0.39 is 16.6 Å². The number of methoxy groups -OCH3 is 1. The van der Waals surface area contributed by atoms with Gasteiger partial charge in [0.1, 0.15) is 0 Å². The summed E-state index contributed by atoms with van der Waals surface area (Å²) < 4.78 is 19.0. The fraction of sp³-hybridized carbons (Fsp3) is 0.333. The maximum atomic E-state index is 14.1. The van der Waals surface area contributed by atoms with Crippen molar-refractivity contribution in [3.8, 4) is 5.75 Å². The molecule has 1 fully saturated rings. The zero-order chi connectivity index (χ0) is 21.8. The first-order valence-corrected chi connectivity index (χ1v) is 9.50. The number of carbonyl (C=O) groups excluding carboxylic acids is 1. The highest BCUT2D eigenvalue weighted by Gasteiger charge is 2.24. The molecule has 1 heterocycles. The highest BCUT2D eigenvalue weighted by atomic mass is 19.1. The average molecular weight is 414 g/mol. The number of hydrogen-bond donors (Lipinski definition) is 1. The van der Waals surface area contributed by atoms with Gasteiger partial charge in [-0.25, -0.2) is 4.39 Å². The average Bonchev–Trinajstić information content (AvgIpc) is 3.24. The number of nitro groups is 1. The van der Waals surface area contributed by atoms with Crippen LogP contribution in [0.25, 0.3) is 0 Å². The molecule has 1 aliphatic rings. The number of rotatable bonds is 6. The molecule has 0 aromatic heterocycles. The number of nitrogens with one attached hydrogen (secondary N) is 1. The number of benzene rings is 2. The maximum Gasteiger partial charge on any atom is 0.270 e. The molecule has 3 rings (SSSR count). The highest BCUT2D eigenvalue weighted by molar-refractivity contribution is 6.10. The van der Waals surface area contributed by atoms with E-state index in [9.17, 15) is 19.3 Å². The third-order valence-corrected chi connectivity index (χ3v) is 5.04. The molecule has 1 amide bonds. The highest BCUT2D eigenvalue weighted by Crippen LogP contribution is 2.32. The van der Waals surface area contributed by atoms with Crippen molar-refractivity contribution in [3.05, 3.63) is 57.4 Å². The van der Waals surface area contributed by atoms with Crippen molar-refractivity contribution in [2.24, 2.45) is 4.99 Å². The lowest BCUT2D eigenvalue weighted by Gasteiger charge is -2.19. The summed E-state index contributed by atoms with van der Waals surface area (Å²) in [5, 5.41) is 14.6. The van der Waals surface area contributed by atoms with Gasteiger partial charge in [-0.05, 0) is 44.0 Å². The van der Waals surface area contributed by atoms with E-state index in [2.05, 4.69) is 10.3 Å². The number of halogens is 1. The summed E-state index contributed by atoms with van der Waals surface area (Å²) in [6.45, 7) is 2.57. The minimum absolute atomic E-state index is 0.0557. The molecule has 0 bridgehead atoms. The molecule has 1 unspecified atom stereocenters. The van der Waals surface area contributed by atoms with Crippen LogP contribution in [0, 0.1) is 22.9 Å². The molecular formula is C21H23FN4O4. The van der Waals surface area contributed by atoms with Crippen molar-refractivity contribution in [3.63, 3.8) is 0 Å². The number of amides is 1. The predicted molar refractivity (Wildman–Crippen MR) is 113 cm³/mol. The molecule has 30 heavy (non-hydrogen) atoms. The standard InChI is InChI=1S/C21H23FN4O4/c1-13-9-16(26(28)29)10-17(20(13)24-12-14-5-4-8-23-14)21(27)25(2)15-6-7-19(30-3)18(22)11-15/h6-7,9-12,14,23H,4-5,8H2,1-3H3. The SMILES string of the molecule is COc1ccc(N(C)C(=O)c2cc([N+](=O)[O-])cc(C)c2N=CC2CCCN2)cc1F. The van der Waals surface area contributed by atoms with E-state index in [-0.39, 0.29) is 28.7 Å². The second-order valence-corrected chi connectivity index (χ2v) is 7.08. The van der Waals surface area contributed by atoms with E-state index in [0.717, 1.165) is 19.4 Å². The largest absolute Gasteiger partial charge is 0.494 e. The molecular weight excluding hydrogens is 391 g/mol. The number of ether oxygens (including phenoxy) is 1. The second kappa shape index (κ2) is 9.00. The molecule has 2 aromatic rings. The van der Waals surface area contributed by atoms with E-state index in [4.69, 9.17) is 4.74 Å². The van der Waals surface area contributed by atoms with E-state index in [1.807, 2.05) is 0 Å². The molecule has 1 N–H and O–H groups in total. The Kier molecular flexibility index (Phi) is 6.41. The summed E-state index contributed by atoms with van der Waals surface area (Å²) in [6, 6.07) is 6.81. The van der Waals surface area contributed by atoms with Gasteiger partial charge in [0.2, 0.25) is 0 Å². The number of aliphatic imine (C=N–C) groups is 1. The van der Waals surface area contributed by atoms with E-state index >= 15 is 0 Å². The molecule has 0 aliphatic carbocycles. The van der Waals surface area contributed by atoms with E-state index in [1.165, 1.54) is 49.4 Å². The summed E-state index contributed by atoms with van der Waals surface area (Å²) in [7, 11) is 2.83. The summed E-state index contributed by atoms with van der Waals surface area (Å²) in [4.78, 5) is 29.7. The molecule has 1 saturated heterocycles. The number of non-ortho nitro benzene ring substituents is 1. The van der Waals surface area contributed by atoms with Crippen LogP contribution in [0.4, 0.5) is 21.5 Å². The first-order chi connectivity index (χ1) is 14.3. The Bertz CT molecular complexity index is 1000. The lowest BCUT2D eigenvalue weighted by molar-refractivity contribution is -0.384. The van der Waals surface area contributed by atoms with E-state index in [0.29, 0.717) is 11.3 Å². The van der Waals surface area contributed by atoms with Crippen LogP contribution in [0.2, 0.25) is 0 Å². The number of hydrogen-bond acceptors (Lipinski definition) is 6. The fourth-order valence-corrected chi connectivity index (χ4v) is 3.37. The quantitative estimate of drug-likeness (QED) is 0.441.